The first-order valence-electron chi connectivity index (χ1n) is 6.92. The Morgan fingerprint density at radius 3 is 2.29 bits per heavy atom. The Labute approximate surface area is 124 Å². The summed E-state index contributed by atoms with van der Waals surface area (Å²) in [7, 11) is 0. The summed E-state index contributed by atoms with van der Waals surface area (Å²) < 4.78 is 0. The molecule has 0 saturated carbocycles. The largest absolute Gasteiger partial charge is 0.383 e. The van der Waals surface area contributed by atoms with E-state index in [0.29, 0.717) is 0 Å². The highest BCUT2D eigenvalue weighted by atomic mass is 16.3. The van der Waals surface area contributed by atoms with Gasteiger partial charge in [0.2, 0.25) is 5.91 Å². The van der Waals surface area contributed by atoms with Crippen LogP contribution in [0.1, 0.15) is 16.7 Å². The monoisotopic (exact) mass is 281 g/mol. The minimum atomic E-state index is -1.12. The van der Waals surface area contributed by atoms with Gasteiger partial charge in [-0.1, -0.05) is 66.7 Å². The normalized spacial score (nSPS) is 12.4. The van der Waals surface area contributed by atoms with Gasteiger partial charge in [-0.05, 0) is 23.1 Å². The van der Waals surface area contributed by atoms with Crippen LogP contribution in [0.4, 0.5) is 0 Å². The van der Waals surface area contributed by atoms with Crippen LogP contribution in [0.25, 0.3) is 6.08 Å². The molecule has 1 amide bonds. The van der Waals surface area contributed by atoms with Gasteiger partial charge in [-0.2, -0.15) is 0 Å². The van der Waals surface area contributed by atoms with E-state index in [1.807, 2.05) is 42.5 Å². The van der Waals surface area contributed by atoms with E-state index in [1.54, 1.807) is 0 Å². The average molecular weight is 281 g/mol. The molecule has 0 saturated heterocycles. The van der Waals surface area contributed by atoms with Crippen LogP contribution < -0.4 is 5.73 Å². The molecule has 3 nitrogen and oxygen atoms in total. The third kappa shape index (κ3) is 4.89. The Morgan fingerprint density at radius 2 is 1.67 bits per heavy atom. The maximum Gasteiger partial charge on any atom is 0.246 e. The van der Waals surface area contributed by atoms with Crippen molar-refractivity contribution in [2.24, 2.45) is 5.73 Å². The van der Waals surface area contributed by atoms with E-state index in [0.717, 1.165) is 12.0 Å². The van der Waals surface area contributed by atoms with Gasteiger partial charge in [-0.25, -0.2) is 0 Å². The molecule has 21 heavy (non-hydrogen) atoms. The highest BCUT2D eigenvalue weighted by molar-refractivity contribution is 5.78. The fraction of sp³-hybridized carbons (Fsp3) is 0.167. The van der Waals surface area contributed by atoms with Crippen molar-refractivity contribution in [2.45, 2.75) is 18.9 Å². The quantitative estimate of drug-likeness (QED) is 0.853. The number of amides is 1. The fourth-order valence-electron chi connectivity index (χ4n) is 2.03. The van der Waals surface area contributed by atoms with Crippen molar-refractivity contribution in [3.8, 4) is 0 Å². The molecule has 0 radical (unpaired) electrons. The topological polar surface area (TPSA) is 63.3 Å². The van der Waals surface area contributed by atoms with Crippen molar-refractivity contribution in [3.05, 3.63) is 77.4 Å². The third-order valence-electron chi connectivity index (χ3n) is 3.24. The molecular formula is C18H19NO2. The minimum Gasteiger partial charge on any atom is -0.383 e. The number of aliphatic hydroxyl groups excluding tert-OH is 1. The van der Waals surface area contributed by atoms with Crippen LogP contribution in [-0.2, 0) is 17.6 Å². The molecule has 3 heteroatoms. The molecule has 1 unspecified atom stereocenters. The lowest BCUT2D eigenvalue weighted by Crippen LogP contribution is -2.29. The van der Waals surface area contributed by atoms with Crippen molar-refractivity contribution in [1.82, 2.24) is 0 Å². The zero-order valence-electron chi connectivity index (χ0n) is 11.8. The lowest BCUT2D eigenvalue weighted by molar-refractivity contribution is -0.125. The van der Waals surface area contributed by atoms with Crippen molar-refractivity contribution in [2.75, 3.05) is 0 Å². The van der Waals surface area contributed by atoms with Gasteiger partial charge in [0.15, 0.2) is 0 Å². The Bertz CT molecular complexity index is 603. The van der Waals surface area contributed by atoms with Crippen LogP contribution in [0.3, 0.4) is 0 Å². The zero-order chi connectivity index (χ0) is 15.1. The Balaban J connectivity index is 1.91. The van der Waals surface area contributed by atoms with Crippen LogP contribution in [0.15, 0.2) is 60.7 Å². The smallest absolute Gasteiger partial charge is 0.246 e. The van der Waals surface area contributed by atoms with Gasteiger partial charge < -0.3 is 10.8 Å². The molecule has 0 aliphatic rings. The lowest BCUT2D eigenvalue weighted by atomic mass is 10.0. The summed E-state index contributed by atoms with van der Waals surface area (Å²) in [6.07, 6.45) is 4.19. The van der Waals surface area contributed by atoms with Crippen molar-refractivity contribution >= 4 is 12.0 Å². The van der Waals surface area contributed by atoms with Crippen LogP contribution in [-0.4, -0.2) is 17.1 Å². The van der Waals surface area contributed by atoms with Crippen LogP contribution >= 0.6 is 0 Å². The Kier molecular flexibility index (Phi) is 5.29. The number of aliphatic hydroxyl groups is 1. The molecule has 0 fully saturated rings. The molecule has 1 atom stereocenters. The van der Waals surface area contributed by atoms with Gasteiger partial charge in [0.25, 0.3) is 0 Å². The molecule has 0 bridgehead atoms. The second kappa shape index (κ2) is 7.41. The summed E-state index contributed by atoms with van der Waals surface area (Å²) in [5.41, 5.74) is 8.30. The molecule has 0 aromatic heterocycles. The van der Waals surface area contributed by atoms with Gasteiger partial charge in [-0.15, -0.1) is 0 Å². The highest BCUT2D eigenvalue weighted by Gasteiger charge is 2.10. The average Bonchev–Trinajstić information content (AvgIpc) is 2.50. The molecule has 108 valence electrons. The molecule has 2 aromatic rings. The number of hydrogen-bond donors (Lipinski definition) is 2. The molecule has 0 aliphatic carbocycles. The van der Waals surface area contributed by atoms with Gasteiger partial charge in [0.05, 0.1) is 0 Å². The zero-order valence-corrected chi connectivity index (χ0v) is 11.8. The SMILES string of the molecule is NC(=O)C(O)Cc1ccc(CC=Cc2ccccc2)cc1. The van der Waals surface area contributed by atoms with Gasteiger partial charge in [0, 0.05) is 6.42 Å². The van der Waals surface area contributed by atoms with Crippen LogP contribution in [0.5, 0.6) is 0 Å². The van der Waals surface area contributed by atoms with Crippen LogP contribution in [0.2, 0.25) is 0 Å². The molecule has 2 aromatic carbocycles. The fourth-order valence-corrected chi connectivity index (χ4v) is 2.03. The molecular weight excluding hydrogens is 262 g/mol. The first-order chi connectivity index (χ1) is 10.1. The predicted octanol–water partition coefficient (Wildman–Crippen LogP) is 2.33. The van der Waals surface area contributed by atoms with E-state index in [1.165, 1.54) is 11.1 Å². The minimum absolute atomic E-state index is 0.259. The first-order valence-corrected chi connectivity index (χ1v) is 6.92. The van der Waals surface area contributed by atoms with Gasteiger partial charge >= 0.3 is 0 Å². The van der Waals surface area contributed by atoms with Crippen molar-refractivity contribution < 1.29 is 9.90 Å². The number of rotatable bonds is 6. The summed E-state index contributed by atoms with van der Waals surface area (Å²) in [6.45, 7) is 0. The van der Waals surface area contributed by atoms with E-state index in [4.69, 9.17) is 5.73 Å². The van der Waals surface area contributed by atoms with E-state index >= 15 is 0 Å². The van der Waals surface area contributed by atoms with E-state index in [9.17, 15) is 9.90 Å². The van der Waals surface area contributed by atoms with E-state index in [2.05, 4.69) is 24.3 Å². The second-order valence-electron chi connectivity index (χ2n) is 4.96. The van der Waals surface area contributed by atoms with Crippen LogP contribution in [0, 0.1) is 0 Å². The van der Waals surface area contributed by atoms with E-state index < -0.39 is 12.0 Å². The van der Waals surface area contributed by atoms with Gasteiger partial charge in [-0.3, -0.25) is 4.79 Å². The first kappa shape index (κ1) is 15.0. The number of carbonyl (C=O) groups excluding carboxylic acids is 1. The Hall–Kier alpha value is -2.39. The van der Waals surface area contributed by atoms with Gasteiger partial charge in [0.1, 0.15) is 6.10 Å². The molecule has 0 spiro atoms. The van der Waals surface area contributed by atoms with E-state index in [-0.39, 0.29) is 6.42 Å². The molecule has 0 heterocycles. The standard InChI is InChI=1S/C18H19NO2/c19-18(21)17(20)13-16-11-9-15(10-12-16)8-4-7-14-5-2-1-3-6-14/h1-7,9-12,17,20H,8,13H2,(H2,19,21). The second-order valence-corrected chi connectivity index (χ2v) is 4.96. The number of benzene rings is 2. The number of nitrogens with two attached hydrogens (primary N) is 1. The number of primary amides is 1. The third-order valence-corrected chi connectivity index (χ3v) is 3.24. The summed E-state index contributed by atoms with van der Waals surface area (Å²) in [5.74, 6) is -0.690. The maximum absolute atomic E-state index is 10.8. The van der Waals surface area contributed by atoms with Crippen molar-refractivity contribution in [1.29, 1.82) is 0 Å². The molecule has 2 rings (SSSR count). The predicted molar refractivity (Wildman–Crippen MR) is 84.5 cm³/mol. The number of allylic oxidation sites excluding steroid dienone is 1. The summed E-state index contributed by atoms with van der Waals surface area (Å²) in [4.78, 5) is 10.8. The molecule has 3 N–H and O–H groups in total. The highest BCUT2D eigenvalue weighted by Crippen LogP contribution is 2.09. The summed E-state index contributed by atoms with van der Waals surface area (Å²) in [5, 5.41) is 9.43. The maximum atomic E-state index is 10.8. The number of hydrogen-bond acceptors (Lipinski definition) is 2. The Morgan fingerprint density at radius 1 is 1.05 bits per heavy atom. The number of carbonyl (C=O) groups is 1. The summed E-state index contributed by atoms with van der Waals surface area (Å²) >= 11 is 0. The lowest BCUT2D eigenvalue weighted by Gasteiger charge is -2.06. The molecule has 0 aliphatic heterocycles. The summed E-state index contributed by atoms with van der Waals surface area (Å²) in [6, 6.07) is 18.0. The van der Waals surface area contributed by atoms with Crippen molar-refractivity contribution in [3.63, 3.8) is 0 Å².